The number of carbonyl (C=O) groups is 2. The number of aryl methyl sites for hydroxylation is 1. The molecule has 0 saturated heterocycles. The number of furan rings is 1. The number of fused-ring (bicyclic) bond motifs is 1. The van der Waals surface area contributed by atoms with E-state index in [0.717, 1.165) is 6.42 Å². The molecule has 3 aromatic rings. The average Bonchev–Trinajstić information content (AvgIpc) is 3.19. The number of hydrazone groups is 1. The third-order valence-corrected chi connectivity index (χ3v) is 5.33. The van der Waals surface area contributed by atoms with E-state index in [4.69, 9.17) is 4.42 Å². The minimum atomic E-state index is -0.833. The van der Waals surface area contributed by atoms with Crippen LogP contribution in [-0.2, 0) is 6.42 Å². The number of hydrogen-bond acceptors (Lipinski definition) is 7. The van der Waals surface area contributed by atoms with Crippen molar-refractivity contribution in [2.24, 2.45) is 5.10 Å². The van der Waals surface area contributed by atoms with Crippen molar-refractivity contribution in [3.8, 4) is 0 Å². The summed E-state index contributed by atoms with van der Waals surface area (Å²) in [5.41, 5.74) is 9.30. The first-order valence-corrected chi connectivity index (χ1v) is 10.4. The van der Waals surface area contributed by atoms with Gasteiger partial charge in [0.25, 0.3) is 11.6 Å². The number of hydrogen-bond donors (Lipinski definition) is 3. The Morgan fingerprint density at radius 3 is 2.50 bits per heavy atom. The lowest BCUT2D eigenvalue weighted by molar-refractivity contribution is -0.385. The van der Waals surface area contributed by atoms with Crippen LogP contribution in [0, 0.1) is 22.9 Å². The normalized spacial score (nSPS) is 13.8. The van der Waals surface area contributed by atoms with Crippen molar-refractivity contribution < 1.29 is 23.3 Å². The third-order valence-electron chi connectivity index (χ3n) is 5.33. The molecule has 0 unspecified atom stereocenters. The molecule has 0 radical (unpaired) electrons. The molecule has 11 heteroatoms. The molecule has 10 nitrogen and oxygen atoms in total. The largest absolute Gasteiger partial charge is 0.455 e. The van der Waals surface area contributed by atoms with E-state index >= 15 is 0 Å². The Bertz CT molecular complexity index is 1300. The number of carbonyl (C=O) groups excluding carboxylic acids is 2. The molecule has 34 heavy (non-hydrogen) atoms. The number of anilines is 1. The number of halogens is 1. The van der Waals surface area contributed by atoms with Gasteiger partial charge < -0.3 is 4.42 Å². The molecule has 0 atom stereocenters. The lowest BCUT2D eigenvalue weighted by Crippen LogP contribution is -2.41. The summed E-state index contributed by atoms with van der Waals surface area (Å²) >= 11 is 0. The van der Waals surface area contributed by atoms with Crippen LogP contribution in [0.3, 0.4) is 0 Å². The predicted octanol–water partition coefficient (Wildman–Crippen LogP) is 3.86. The fourth-order valence-corrected chi connectivity index (χ4v) is 3.72. The highest BCUT2D eigenvalue weighted by molar-refractivity contribution is 6.07. The summed E-state index contributed by atoms with van der Waals surface area (Å²) in [5, 5.41) is 15.5. The van der Waals surface area contributed by atoms with Crippen molar-refractivity contribution >= 4 is 28.9 Å². The lowest BCUT2D eigenvalue weighted by Gasteiger charge is -2.13. The van der Waals surface area contributed by atoms with Crippen LogP contribution in [0.1, 0.15) is 50.6 Å². The van der Waals surface area contributed by atoms with Crippen molar-refractivity contribution in [1.82, 2.24) is 10.9 Å². The average molecular weight is 465 g/mol. The van der Waals surface area contributed by atoms with Gasteiger partial charge in [-0.1, -0.05) is 12.1 Å². The molecule has 174 valence electrons. The van der Waals surface area contributed by atoms with Gasteiger partial charge in [0.15, 0.2) is 5.76 Å². The fourth-order valence-electron chi connectivity index (χ4n) is 3.72. The van der Waals surface area contributed by atoms with Gasteiger partial charge in [0.2, 0.25) is 0 Å². The molecular formula is C23H20FN5O5. The Morgan fingerprint density at radius 1 is 1.06 bits per heavy atom. The van der Waals surface area contributed by atoms with E-state index in [2.05, 4.69) is 21.4 Å². The van der Waals surface area contributed by atoms with Crippen molar-refractivity contribution in [2.75, 3.05) is 5.43 Å². The third kappa shape index (κ3) is 4.63. The second-order valence-corrected chi connectivity index (χ2v) is 7.57. The smallest absolute Gasteiger partial charge is 0.305 e. The highest BCUT2D eigenvalue weighted by Crippen LogP contribution is 2.30. The van der Waals surface area contributed by atoms with Crippen molar-refractivity contribution in [3.05, 3.63) is 92.7 Å². The molecule has 1 heterocycles. The summed E-state index contributed by atoms with van der Waals surface area (Å²) in [6, 6.07) is 11.2. The number of benzene rings is 2. The molecule has 0 fully saturated rings. The molecule has 1 aliphatic rings. The van der Waals surface area contributed by atoms with Gasteiger partial charge in [-0.2, -0.15) is 5.10 Å². The highest BCUT2D eigenvalue weighted by Gasteiger charge is 2.28. The standard InChI is InChI=1S/C23H20FN5O5/c1-13-20-17(26-25-15-11-9-14(24)10-12-15)6-4-8-19(20)34-21(13)23(31)28-27-22(30)16-5-2-3-7-18(16)29(32)33/h2-3,5,7,9-12,25H,4,6,8H2,1H3,(H,27,30)(H,28,31)/b26-17+. The summed E-state index contributed by atoms with van der Waals surface area (Å²) in [4.78, 5) is 35.5. The SMILES string of the molecule is Cc1c(C(=O)NNC(=O)c2ccccc2[N+](=O)[O-])oc2c1/C(=N/Nc1ccc(F)cc1)CCC2. The molecule has 0 bridgehead atoms. The van der Waals surface area contributed by atoms with Crippen molar-refractivity contribution in [2.45, 2.75) is 26.2 Å². The van der Waals surface area contributed by atoms with E-state index < -0.39 is 16.7 Å². The molecule has 2 aromatic carbocycles. The van der Waals surface area contributed by atoms with Gasteiger partial charge in [0, 0.05) is 23.6 Å². The Labute approximate surface area is 193 Å². The van der Waals surface area contributed by atoms with Crippen LogP contribution in [0.4, 0.5) is 15.8 Å². The Balaban J connectivity index is 1.50. The van der Waals surface area contributed by atoms with Crippen LogP contribution >= 0.6 is 0 Å². The van der Waals surface area contributed by atoms with Gasteiger partial charge in [-0.25, -0.2) is 4.39 Å². The van der Waals surface area contributed by atoms with Gasteiger partial charge in [-0.3, -0.25) is 36.0 Å². The maximum absolute atomic E-state index is 13.1. The quantitative estimate of drug-likeness (QED) is 0.386. The molecule has 4 rings (SSSR count). The molecule has 0 aliphatic heterocycles. The topological polar surface area (TPSA) is 139 Å². The minimum absolute atomic E-state index is 0.00393. The molecule has 1 aromatic heterocycles. The van der Waals surface area contributed by atoms with E-state index in [-0.39, 0.29) is 22.8 Å². The van der Waals surface area contributed by atoms with Gasteiger partial charge in [0.05, 0.1) is 16.3 Å². The summed E-state index contributed by atoms with van der Waals surface area (Å²) in [7, 11) is 0. The van der Waals surface area contributed by atoms with Crippen molar-refractivity contribution in [1.29, 1.82) is 0 Å². The van der Waals surface area contributed by atoms with Crippen LogP contribution in [0.15, 0.2) is 58.0 Å². The molecular weight excluding hydrogens is 445 g/mol. The van der Waals surface area contributed by atoms with Gasteiger partial charge in [-0.15, -0.1) is 0 Å². The number of rotatable bonds is 5. The van der Waals surface area contributed by atoms with Crippen LogP contribution in [-0.4, -0.2) is 22.4 Å². The number of hydrazine groups is 1. The minimum Gasteiger partial charge on any atom is -0.455 e. The van der Waals surface area contributed by atoms with E-state index in [0.29, 0.717) is 41.1 Å². The summed E-state index contributed by atoms with van der Waals surface area (Å²) in [6.45, 7) is 1.71. The van der Waals surface area contributed by atoms with E-state index in [1.54, 1.807) is 19.1 Å². The maximum Gasteiger partial charge on any atom is 0.305 e. The van der Waals surface area contributed by atoms with Gasteiger partial charge in [-0.05, 0) is 50.1 Å². The second kappa shape index (κ2) is 9.53. The molecule has 1 aliphatic carbocycles. The monoisotopic (exact) mass is 465 g/mol. The Morgan fingerprint density at radius 2 is 1.76 bits per heavy atom. The Kier molecular flexibility index (Phi) is 6.35. The number of nitrogens with one attached hydrogen (secondary N) is 3. The predicted molar refractivity (Wildman–Crippen MR) is 121 cm³/mol. The summed E-state index contributed by atoms with van der Waals surface area (Å²) < 4.78 is 18.9. The molecule has 0 spiro atoms. The first kappa shape index (κ1) is 22.6. The van der Waals surface area contributed by atoms with Crippen LogP contribution in [0.5, 0.6) is 0 Å². The fraction of sp³-hybridized carbons (Fsp3) is 0.174. The number of nitro groups is 1. The molecule has 2 amide bonds. The summed E-state index contributed by atoms with van der Waals surface area (Å²) in [5.74, 6) is -1.29. The van der Waals surface area contributed by atoms with Crippen LogP contribution < -0.4 is 16.3 Å². The Hall–Kier alpha value is -4.54. The zero-order valence-corrected chi connectivity index (χ0v) is 18.1. The zero-order valence-electron chi connectivity index (χ0n) is 18.1. The van der Waals surface area contributed by atoms with Crippen molar-refractivity contribution in [3.63, 3.8) is 0 Å². The van der Waals surface area contributed by atoms with E-state index in [1.807, 2.05) is 0 Å². The zero-order chi connectivity index (χ0) is 24.2. The van der Waals surface area contributed by atoms with E-state index in [1.165, 1.54) is 36.4 Å². The lowest BCUT2D eigenvalue weighted by atomic mass is 9.93. The summed E-state index contributed by atoms with van der Waals surface area (Å²) in [6.07, 6.45) is 2.03. The second-order valence-electron chi connectivity index (χ2n) is 7.57. The van der Waals surface area contributed by atoms with E-state index in [9.17, 15) is 24.1 Å². The van der Waals surface area contributed by atoms with Crippen LogP contribution in [0.2, 0.25) is 0 Å². The molecule has 3 N–H and O–H groups in total. The highest BCUT2D eigenvalue weighted by atomic mass is 19.1. The first-order valence-electron chi connectivity index (χ1n) is 10.4. The van der Waals surface area contributed by atoms with Gasteiger partial charge in [0.1, 0.15) is 17.1 Å². The number of para-hydroxylation sites is 1. The number of nitrogens with zero attached hydrogens (tertiary/aromatic N) is 2. The van der Waals surface area contributed by atoms with Crippen LogP contribution in [0.25, 0.3) is 0 Å². The van der Waals surface area contributed by atoms with Gasteiger partial charge >= 0.3 is 5.91 Å². The maximum atomic E-state index is 13.1. The number of amides is 2. The number of nitro benzene ring substituents is 1. The molecule has 0 saturated carbocycles. The first-order chi connectivity index (χ1) is 16.3.